The maximum Gasteiger partial charge on any atom is 0.257 e. The Morgan fingerprint density at radius 2 is 1.58 bits per heavy atom. The van der Waals surface area contributed by atoms with E-state index in [0.717, 1.165) is 12.1 Å². The van der Waals surface area contributed by atoms with Crippen molar-refractivity contribution in [3.63, 3.8) is 0 Å². The van der Waals surface area contributed by atoms with Crippen molar-refractivity contribution in [3.05, 3.63) is 33.8 Å². The van der Waals surface area contributed by atoms with E-state index in [1.165, 1.54) is 0 Å². The van der Waals surface area contributed by atoms with Crippen LogP contribution < -0.4 is 5.32 Å². The second-order valence-corrected chi connectivity index (χ2v) is 4.87. The molecule has 1 aromatic rings. The Morgan fingerprint density at radius 3 is 1.95 bits per heavy atom. The number of aliphatic hydroxyl groups is 3. The molecule has 19 heavy (non-hydrogen) atoms. The first kappa shape index (κ1) is 16.0. The van der Waals surface area contributed by atoms with Crippen LogP contribution in [-0.2, 0) is 0 Å². The highest BCUT2D eigenvalue weighted by molar-refractivity contribution is 9.10. The van der Waals surface area contributed by atoms with Crippen LogP contribution in [0.3, 0.4) is 0 Å². The van der Waals surface area contributed by atoms with Crippen LogP contribution in [0.25, 0.3) is 0 Å². The molecule has 0 saturated heterocycles. The third-order valence-electron chi connectivity index (χ3n) is 2.52. The van der Waals surface area contributed by atoms with Gasteiger partial charge >= 0.3 is 0 Å². The van der Waals surface area contributed by atoms with Crippen molar-refractivity contribution in [2.45, 2.75) is 5.54 Å². The summed E-state index contributed by atoms with van der Waals surface area (Å²) in [7, 11) is 0. The van der Waals surface area contributed by atoms with Gasteiger partial charge in [-0.25, -0.2) is 8.78 Å². The van der Waals surface area contributed by atoms with Crippen molar-refractivity contribution in [2.75, 3.05) is 19.8 Å². The standard InChI is InChI=1S/C11H12BrF2NO4/c12-6-1-7(13)9(8(14)2-6)10(19)15-11(3-16,4-17)5-18/h1-2,16-18H,3-5H2,(H,15,19). The lowest BCUT2D eigenvalue weighted by Crippen LogP contribution is -2.57. The summed E-state index contributed by atoms with van der Waals surface area (Å²) in [6.07, 6.45) is 0. The molecule has 0 aliphatic rings. The van der Waals surface area contributed by atoms with E-state index in [2.05, 4.69) is 15.9 Å². The number of carbonyl (C=O) groups is 1. The third kappa shape index (κ3) is 3.47. The minimum absolute atomic E-state index is 0.122. The van der Waals surface area contributed by atoms with E-state index >= 15 is 0 Å². The van der Waals surface area contributed by atoms with Crippen molar-refractivity contribution in [1.82, 2.24) is 5.32 Å². The number of benzene rings is 1. The molecule has 0 spiro atoms. The molecule has 0 aliphatic carbocycles. The van der Waals surface area contributed by atoms with Crippen LogP contribution in [0, 0.1) is 11.6 Å². The average Bonchev–Trinajstić information content (AvgIpc) is 2.35. The van der Waals surface area contributed by atoms with Gasteiger partial charge in [-0.1, -0.05) is 15.9 Å². The van der Waals surface area contributed by atoms with E-state index < -0.39 is 48.5 Å². The van der Waals surface area contributed by atoms with Crippen LogP contribution in [0.5, 0.6) is 0 Å². The van der Waals surface area contributed by atoms with Crippen molar-refractivity contribution in [3.8, 4) is 0 Å². The molecular weight excluding hydrogens is 328 g/mol. The number of amides is 1. The number of carbonyl (C=O) groups excluding carboxylic acids is 1. The Kier molecular flexibility index (Phi) is 5.36. The molecule has 0 fully saturated rings. The molecule has 0 atom stereocenters. The first-order chi connectivity index (χ1) is 8.89. The van der Waals surface area contributed by atoms with Crippen LogP contribution in [-0.4, -0.2) is 46.6 Å². The molecule has 0 unspecified atom stereocenters. The summed E-state index contributed by atoms with van der Waals surface area (Å²) in [6.45, 7) is -2.36. The average molecular weight is 340 g/mol. The fraction of sp³-hybridized carbons (Fsp3) is 0.364. The molecule has 1 aromatic carbocycles. The van der Waals surface area contributed by atoms with E-state index in [0.29, 0.717) is 0 Å². The minimum Gasteiger partial charge on any atom is -0.394 e. The minimum atomic E-state index is -1.75. The van der Waals surface area contributed by atoms with Crippen LogP contribution in [0.15, 0.2) is 16.6 Å². The van der Waals surface area contributed by atoms with E-state index in [4.69, 9.17) is 15.3 Å². The van der Waals surface area contributed by atoms with Crippen molar-refractivity contribution >= 4 is 21.8 Å². The third-order valence-corrected chi connectivity index (χ3v) is 2.98. The highest BCUT2D eigenvalue weighted by atomic mass is 79.9. The summed E-state index contributed by atoms with van der Waals surface area (Å²) >= 11 is 2.87. The van der Waals surface area contributed by atoms with Gasteiger partial charge in [0.15, 0.2) is 0 Å². The Labute approximate surface area is 116 Å². The lowest BCUT2D eigenvalue weighted by molar-refractivity contribution is 0.0371. The van der Waals surface area contributed by atoms with Gasteiger partial charge in [-0.15, -0.1) is 0 Å². The van der Waals surface area contributed by atoms with E-state index in [9.17, 15) is 13.6 Å². The lowest BCUT2D eigenvalue weighted by Gasteiger charge is -2.28. The molecule has 0 saturated carbocycles. The Balaban J connectivity index is 3.08. The predicted molar refractivity (Wildman–Crippen MR) is 65.5 cm³/mol. The molecular formula is C11H12BrF2NO4. The molecule has 0 aliphatic heterocycles. The van der Waals surface area contributed by atoms with Crippen LogP contribution in [0.4, 0.5) is 8.78 Å². The van der Waals surface area contributed by atoms with Gasteiger partial charge in [0.1, 0.15) is 22.7 Å². The quantitative estimate of drug-likeness (QED) is 0.615. The lowest BCUT2D eigenvalue weighted by atomic mass is 10.0. The Morgan fingerprint density at radius 1 is 1.16 bits per heavy atom. The van der Waals surface area contributed by atoms with Crippen molar-refractivity contribution in [2.24, 2.45) is 0 Å². The fourth-order valence-corrected chi connectivity index (χ4v) is 1.73. The second-order valence-electron chi connectivity index (χ2n) is 3.95. The second kappa shape index (κ2) is 6.38. The van der Waals surface area contributed by atoms with E-state index in [1.807, 2.05) is 5.32 Å². The van der Waals surface area contributed by atoms with Crippen LogP contribution >= 0.6 is 15.9 Å². The summed E-state index contributed by atoms with van der Waals surface area (Å²) in [5.74, 6) is -3.39. The van der Waals surface area contributed by atoms with Gasteiger partial charge in [0.2, 0.25) is 0 Å². The summed E-state index contributed by atoms with van der Waals surface area (Å²) < 4.78 is 27.2. The molecule has 5 nitrogen and oxygen atoms in total. The molecule has 106 valence electrons. The molecule has 0 radical (unpaired) electrons. The number of hydrogen-bond donors (Lipinski definition) is 4. The van der Waals surface area contributed by atoms with E-state index in [-0.39, 0.29) is 4.47 Å². The predicted octanol–water partition coefficient (Wildman–Crippen LogP) is 0.173. The van der Waals surface area contributed by atoms with Gasteiger partial charge in [0.25, 0.3) is 5.91 Å². The van der Waals surface area contributed by atoms with Gasteiger partial charge in [-0.05, 0) is 12.1 Å². The molecule has 8 heteroatoms. The number of aliphatic hydroxyl groups excluding tert-OH is 3. The first-order valence-corrected chi connectivity index (χ1v) is 5.98. The highest BCUT2D eigenvalue weighted by Gasteiger charge is 2.32. The largest absolute Gasteiger partial charge is 0.394 e. The molecule has 0 heterocycles. The zero-order chi connectivity index (χ0) is 14.6. The highest BCUT2D eigenvalue weighted by Crippen LogP contribution is 2.20. The Bertz CT molecular complexity index is 448. The molecule has 1 amide bonds. The van der Waals surface area contributed by atoms with E-state index in [1.54, 1.807) is 0 Å². The number of nitrogens with one attached hydrogen (secondary N) is 1. The topological polar surface area (TPSA) is 89.8 Å². The van der Waals surface area contributed by atoms with Gasteiger partial charge in [0.05, 0.1) is 19.8 Å². The zero-order valence-corrected chi connectivity index (χ0v) is 11.2. The smallest absolute Gasteiger partial charge is 0.257 e. The summed E-state index contributed by atoms with van der Waals surface area (Å²) in [4.78, 5) is 11.8. The SMILES string of the molecule is O=C(NC(CO)(CO)CO)c1c(F)cc(Br)cc1F. The molecule has 0 bridgehead atoms. The monoisotopic (exact) mass is 339 g/mol. The van der Waals surface area contributed by atoms with Crippen LogP contribution in [0.1, 0.15) is 10.4 Å². The summed E-state index contributed by atoms with van der Waals surface area (Å²) in [5, 5.41) is 29.1. The molecule has 0 aromatic heterocycles. The van der Waals surface area contributed by atoms with Gasteiger partial charge in [-0.3, -0.25) is 4.79 Å². The normalized spacial score (nSPS) is 11.5. The first-order valence-electron chi connectivity index (χ1n) is 5.19. The number of rotatable bonds is 5. The zero-order valence-electron chi connectivity index (χ0n) is 9.66. The summed E-state index contributed by atoms with van der Waals surface area (Å²) in [6, 6.07) is 1.80. The van der Waals surface area contributed by atoms with Gasteiger partial charge in [0, 0.05) is 4.47 Å². The number of halogens is 3. The number of hydrogen-bond acceptors (Lipinski definition) is 4. The van der Waals surface area contributed by atoms with Crippen LogP contribution in [0.2, 0.25) is 0 Å². The maximum absolute atomic E-state index is 13.5. The molecule has 4 N–H and O–H groups in total. The van der Waals surface area contributed by atoms with Gasteiger partial charge in [-0.2, -0.15) is 0 Å². The maximum atomic E-state index is 13.5. The molecule has 1 rings (SSSR count). The summed E-state index contributed by atoms with van der Waals surface area (Å²) in [5.41, 5.74) is -2.61. The Hall–Kier alpha value is -1.09. The van der Waals surface area contributed by atoms with Crippen molar-refractivity contribution in [1.29, 1.82) is 0 Å². The van der Waals surface area contributed by atoms with Gasteiger partial charge < -0.3 is 20.6 Å². The fourth-order valence-electron chi connectivity index (χ4n) is 1.33. The van der Waals surface area contributed by atoms with Crippen molar-refractivity contribution < 1.29 is 28.9 Å².